The molecule has 7 nitrogen and oxygen atoms in total. The van der Waals surface area contributed by atoms with Gasteiger partial charge in [-0.05, 0) is 44.1 Å². The molecule has 0 fully saturated rings. The average molecular weight is 395 g/mol. The lowest BCUT2D eigenvalue weighted by atomic mass is 9.96. The number of fused-ring (bicyclic) bond motifs is 2. The van der Waals surface area contributed by atoms with Crippen LogP contribution in [0.2, 0.25) is 0 Å². The second-order valence-electron chi connectivity index (χ2n) is 7.85. The van der Waals surface area contributed by atoms with E-state index in [1.807, 2.05) is 13.8 Å². The molecule has 5 rings (SSSR count). The molecule has 0 amide bonds. The van der Waals surface area contributed by atoms with Crippen LogP contribution in [0.25, 0.3) is 11.2 Å². The van der Waals surface area contributed by atoms with Crippen LogP contribution >= 0.6 is 0 Å². The van der Waals surface area contributed by atoms with E-state index in [1.165, 1.54) is 6.07 Å². The van der Waals surface area contributed by atoms with E-state index in [1.54, 1.807) is 23.0 Å². The number of ether oxygens (including phenoxy) is 2. The Balaban J connectivity index is 1.47. The molecule has 1 N–H and O–H groups in total. The van der Waals surface area contributed by atoms with Crippen molar-refractivity contribution in [1.29, 1.82) is 0 Å². The van der Waals surface area contributed by atoms with Gasteiger partial charge in [0.25, 0.3) is 0 Å². The Morgan fingerprint density at radius 2 is 2.14 bits per heavy atom. The number of halogens is 1. The van der Waals surface area contributed by atoms with Crippen molar-refractivity contribution in [1.82, 2.24) is 19.6 Å². The van der Waals surface area contributed by atoms with Gasteiger partial charge in [0.1, 0.15) is 17.9 Å². The molecule has 4 heterocycles. The molecule has 0 unspecified atom stereocenters. The largest absolute Gasteiger partial charge is 0.493 e. The Morgan fingerprint density at radius 1 is 1.24 bits per heavy atom. The lowest BCUT2D eigenvalue weighted by molar-refractivity contribution is 0.0165. The average Bonchev–Trinajstić information content (AvgIpc) is 3.36. The predicted molar refractivity (Wildman–Crippen MR) is 106 cm³/mol. The van der Waals surface area contributed by atoms with Gasteiger partial charge in [-0.2, -0.15) is 0 Å². The normalized spacial score (nSPS) is 17.7. The van der Waals surface area contributed by atoms with E-state index < -0.39 is 0 Å². The summed E-state index contributed by atoms with van der Waals surface area (Å²) in [5, 5.41) is 11.6. The van der Waals surface area contributed by atoms with Crippen molar-refractivity contribution < 1.29 is 13.9 Å². The van der Waals surface area contributed by atoms with Gasteiger partial charge in [0.05, 0.1) is 18.8 Å². The van der Waals surface area contributed by atoms with Crippen molar-refractivity contribution in [3.8, 4) is 5.75 Å². The van der Waals surface area contributed by atoms with Crippen LogP contribution in [0.5, 0.6) is 5.75 Å². The number of nitrogens with zero attached hydrogens (tertiary/aromatic N) is 4. The van der Waals surface area contributed by atoms with Gasteiger partial charge in [0, 0.05) is 35.9 Å². The minimum atomic E-state index is -0.325. The highest BCUT2D eigenvalue weighted by atomic mass is 19.1. The molecule has 0 atom stereocenters. The fourth-order valence-corrected chi connectivity index (χ4v) is 4.02. The van der Waals surface area contributed by atoms with Crippen molar-refractivity contribution in [2.24, 2.45) is 0 Å². The summed E-state index contributed by atoms with van der Waals surface area (Å²) in [4.78, 5) is 4.58. The van der Waals surface area contributed by atoms with E-state index in [9.17, 15) is 4.39 Å². The minimum Gasteiger partial charge on any atom is -0.493 e. The minimum absolute atomic E-state index is 0.243. The summed E-state index contributed by atoms with van der Waals surface area (Å²) in [6, 6.07) is 3.14. The number of hydrogen-bond donors (Lipinski definition) is 1. The first-order valence-corrected chi connectivity index (χ1v) is 9.73. The van der Waals surface area contributed by atoms with Gasteiger partial charge in [-0.25, -0.2) is 9.37 Å². The second-order valence-corrected chi connectivity index (χ2v) is 7.85. The highest BCUT2D eigenvalue weighted by Crippen LogP contribution is 2.32. The summed E-state index contributed by atoms with van der Waals surface area (Å²) in [6.45, 7) is 5.62. The predicted octanol–water partition coefficient (Wildman–Crippen LogP) is 3.39. The Kier molecular flexibility index (Phi) is 4.24. The zero-order chi connectivity index (χ0) is 20.0. The van der Waals surface area contributed by atoms with Crippen LogP contribution in [0.4, 0.5) is 10.3 Å². The molecule has 1 aromatic carbocycles. The number of anilines is 1. The summed E-state index contributed by atoms with van der Waals surface area (Å²) < 4.78 is 27.5. The van der Waals surface area contributed by atoms with Crippen molar-refractivity contribution >= 4 is 17.2 Å². The molecule has 0 aliphatic carbocycles. The van der Waals surface area contributed by atoms with Crippen LogP contribution in [0.1, 0.15) is 37.0 Å². The van der Waals surface area contributed by atoms with E-state index >= 15 is 0 Å². The summed E-state index contributed by atoms with van der Waals surface area (Å²) >= 11 is 0. The van der Waals surface area contributed by atoms with Gasteiger partial charge < -0.3 is 14.8 Å². The monoisotopic (exact) mass is 395 g/mol. The topological polar surface area (TPSA) is 73.6 Å². The third kappa shape index (κ3) is 3.23. The molecule has 0 bridgehead atoms. The van der Waals surface area contributed by atoms with E-state index in [-0.39, 0.29) is 11.4 Å². The molecular weight excluding hydrogens is 373 g/mol. The van der Waals surface area contributed by atoms with Crippen LogP contribution in [0.15, 0.2) is 30.7 Å². The first-order chi connectivity index (χ1) is 14.0. The van der Waals surface area contributed by atoms with Crippen molar-refractivity contribution in [2.75, 3.05) is 18.5 Å². The first-order valence-electron chi connectivity index (χ1n) is 9.73. The summed E-state index contributed by atoms with van der Waals surface area (Å²) in [6.07, 6.45) is 7.03. The zero-order valence-corrected chi connectivity index (χ0v) is 16.4. The first kappa shape index (κ1) is 18.1. The van der Waals surface area contributed by atoms with Gasteiger partial charge in [0.15, 0.2) is 5.65 Å². The second kappa shape index (κ2) is 6.81. The van der Waals surface area contributed by atoms with Crippen LogP contribution in [0.3, 0.4) is 0 Å². The van der Waals surface area contributed by atoms with E-state index in [0.29, 0.717) is 43.3 Å². The SMILES string of the molecule is CC1(C)C=C(c2cnc(NCc3c(F)ccc4c3CCO4)n3cnnc23)CCO1. The van der Waals surface area contributed by atoms with Crippen LogP contribution in [-0.4, -0.2) is 38.4 Å². The van der Waals surface area contributed by atoms with Gasteiger partial charge in [-0.3, -0.25) is 4.40 Å². The Bertz CT molecular complexity index is 1120. The van der Waals surface area contributed by atoms with Crippen molar-refractivity contribution in [3.63, 3.8) is 0 Å². The number of nitrogens with one attached hydrogen (secondary N) is 1. The molecule has 8 heteroatoms. The van der Waals surface area contributed by atoms with E-state index in [4.69, 9.17) is 9.47 Å². The molecule has 2 aliphatic rings. The Labute approximate surface area is 167 Å². The van der Waals surface area contributed by atoms with Crippen molar-refractivity contribution in [3.05, 3.63) is 53.2 Å². The van der Waals surface area contributed by atoms with Gasteiger partial charge in [-0.1, -0.05) is 0 Å². The Hall–Kier alpha value is -3.00. The number of rotatable bonds is 4. The maximum atomic E-state index is 14.4. The van der Waals surface area contributed by atoms with Gasteiger partial charge >= 0.3 is 0 Å². The maximum Gasteiger partial charge on any atom is 0.210 e. The van der Waals surface area contributed by atoms with Gasteiger partial charge in [-0.15, -0.1) is 10.2 Å². The summed E-state index contributed by atoms with van der Waals surface area (Å²) in [5.74, 6) is 1.08. The maximum absolute atomic E-state index is 14.4. The van der Waals surface area contributed by atoms with E-state index in [0.717, 1.165) is 28.9 Å². The molecule has 2 aromatic heterocycles. The third-order valence-electron chi connectivity index (χ3n) is 5.41. The molecule has 2 aliphatic heterocycles. The van der Waals surface area contributed by atoms with Crippen LogP contribution < -0.4 is 10.1 Å². The lowest BCUT2D eigenvalue weighted by Crippen LogP contribution is -2.26. The quantitative estimate of drug-likeness (QED) is 0.730. The number of aromatic nitrogens is 4. The van der Waals surface area contributed by atoms with E-state index in [2.05, 4.69) is 26.6 Å². The van der Waals surface area contributed by atoms with Crippen LogP contribution in [-0.2, 0) is 17.7 Å². The molecular formula is C21H22FN5O2. The summed E-state index contributed by atoms with van der Waals surface area (Å²) in [7, 11) is 0. The molecule has 3 aromatic rings. The smallest absolute Gasteiger partial charge is 0.210 e. The van der Waals surface area contributed by atoms with Gasteiger partial charge in [0.2, 0.25) is 5.95 Å². The molecule has 0 saturated carbocycles. The zero-order valence-electron chi connectivity index (χ0n) is 16.4. The molecule has 29 heavy (non-hydrogen) atoms. The summed E-state index contributed by atoms with van der Waals surface area (Å²) in [5.41, 5.74) is 4.00. The fraction of sp³-hybridized carbons (Fsp3) is 0.381. The molecule has 150 valence electrons. The Morgan fingerprint density at radius 3 is 3.00 bits per heavy atom. The lowest BCUT2D eigenvalue weighted by Gasteiger charge is -2.28. The van der Waals surface area contributed by atoms with Crippen molar-refractivity contribution in [2.45, 2.75) is 38.8 Å². The standard InChI is InChI=1S/C21H22FN5O2/c1-21(2)9-13(5-8-29-21)15-10-23-20(27-12-25-26-19(15)27)24-11-16-14-6-7-28-18(14)4-3-17(16)22/h3-4,9-10,12H,5-8,11H2,1-2H3,(H,23,24). The van der Waals surface area contributed by atoms with Crippen LogP contribution in [0, 0.1) is 5.82 Å². The fourth-order valence-electron chi connectivity index (χ4n) is 4.02. The third-order valence-corrected chi connectivity index (χ3v) is 5.41. The number of hydrogen-bond acceptors (Lipinski definition) is 6. The molecule has 0 spiro atoms. The highest BCUT2D eigenvalue weighted by molar-refractivity contribution is 5.77. The highest BCUT2D eigenvalue weighted by Gasteiger charge is 2.24. The number of benzene rings is 1. The molecule has 0 saturated heterocycles. The molecule has 0 radical (unpaired) electrons.